The summed E-state index contributed by atoms with van der Waals surface area (Å²) in [6, 6.07) is 101. The van der Waals surface area contributed by atoms with Crippen LogP contribution in [0, 0.1) is 0 Å². The first-order chi connectivity index (χ1) is 37.6. The Labute approximate surface area is 446 Å². The number of nitrogens with zero attached hydrogens (tertiary/aromatic N) is 1. The van der Waals surface area contributed by atoms with Crippen molar-refractivity contribution < 1.29 is 0 Å². The van der Waals surface area contributed by atoms with Crippen LogP contribution in [0.3, 0.4) is 0 Å². The van der Waals surface area contributed by atoms with Crippen molar-refractivity contribution in [3.8, 4) is 44.5 Å². The molecule has 358 valence electrons. The maximum Gasteiger partial charge on any atom is 0.0722 e. The van der Waals surface area contributed by atoms with Crippen LogP contribution >= 0.6 is 0 Å². The van der Waals surface area contributed by atoms with Crippen LogP contribution in [0.5, 0.6) is 0 Å². The van der Waals surface area contributed by atoms with E-state index in [2.05, 4.69) is 309 Å². The summed E-state index contributed by atoms with van der Waals surface area (Å²) in [7, 11) is 0. The molecule has 1 atom stereocenters. The third-order valence-corrected chi connectivity index (χ3v) is 16.4. The van der Waals surface area contributed by atoms with Gasteiger partial charge in [-0.2, -0.15) is 0 Å². The van der Waals surface area contributed by atoms with Crippen LogP contribution in [-0.4, -0.2) is 0 Å². The van der Waals surface area contributed by atoms with Crippen LogP contribution in [-0.2, 0) is 17.3 Å². The van der Waals surface area contributed by atoms with Gasteiger partial charge in [0.25, 0.3) is 0 Å². The van der Waals surface area contributed by atoms with Crippen LogP contribution in [0.25, 0.3) is 50.1 Å². The van der Waals surface area contributed by atoms with Gasteiger partial charge in [-0.1, -0.05) is 261 Å². The fraction of sp³-hybridized carbons (Fsp3) is 0.0400. The third-order valence-electron chi connectivity index (χ3n) is 16.4. The SMILES string of the molecule is C=C1/C=C\C=C/Cc2ccccc2C2(c3ccccc31)c1ccccc1-c1ccc(-c3ccc(N(c4ccc(-c5ccccc5)cc4)c4ccc5c(c4)C(c4ccccc4)(c4ccccc4)c4ccccc4-5)cc3)cc12. The van der Waals surface area contributed by atoms with Crippen LogP contribution in [0.4, 0.5) is 17.1 Å². The molecule has 0 bridgehead atoms. The van der Waals surface area contributed by atoms with E-state index in [4.69, 9.17) is 0 Å². The highest BCUT2D eigenvalue weighted by molar-refractivity contribution is 5.93. The zero-order valence-electron chi connectivity index (χ0n) is 42.2. The van der Waals surface area contributed by atoms with Crippen LogP contribution in [0.1, 0.15) is 55.6 Å². The van der Waals surface area contributed by atoms with Gasteiger partial charge in [-0.05, 0) is 155 Å². The van der Waals surface area contributed by atoms with Crippen LogP contribution in [0.2, 0.25) is 0 Å². The average Bonchev–Trinajstić information content (AvgIpc) is 4.19. The molecule has 14 rings (SSSR count). The lowest BCUT2D eigenvalue weighted by molar-refractivity contribution is 0.755. The molecule has 0 amide bonds. The largest absolute Gasteiger partial charge is 0.310 e. The summed E-state index contributed by atoms with van der Waals surface area (Å²) in [5.41, 5.74) is 25.5. The highest BCUT2D eigenvalue weighted by Gasteiger charge is 2.49. The molecule has 1 nitrogen and oxygen atoms in total. The molecule has 0 N–H and O–H groups in total. The molecule has 1 heteroatoms. The predicted octanol–water partition coefficient (Wildman–Crippen LogP) is 18.9. The lowest BCUT2D eigenvalue weighted by atomic mass is 9.64. The van der Waals surface area contributed by atoms with E-state index in [9.17, 15) is 0 Å². The number of anilines is 3. The fourth-order valence-electron chi connectivity index (χ4n) is 13.1. The first kappa shape index (κ1) is 45.1. The quantitative estimate of drug-likeness (QED) is 0.154. The molecule has 3 aliphatic rings. The van der Waals surface area contributed by atoms with Crippen molar-refractivity contribution in [1.82, 2.24) is 0 Å². The number of hydrogen-bond acceptors (Lipinski definition) is 1. The Morgan fingerprint density at radius 3 is 1.34 bits per heavy atom. The number of benzene rings is 11. The second kappa shape index (κ2) is 18.4. The molecule has 0 saturated carbocycles. The molecular formula is C75H53N. The summed E-state index contributed by atoms with van der Waals surface area (Å²) in [5.74, 6) is 0. The molecule has 0 saturated heterocycles. The zero-order chi connectivity index (χ0) is 50.6. The van der Waals surface area contributed by atoms with Gasteiger partial charge >= 0.3 is 0 Å². The van der Waals surface area contributed by atoms with E-state index in [1.165, 1.54) is 89.0 Å². The minimum absolute atomic E-state index is 0.530. The third kappa shape index (κ3) is 7.00. The van der Waals surface area contributed by atoms with Crippen molar-refractivity contribution >= 4 is 22.6 Å². The van der Waals surface area contributed by atoms with Gasteiger partial charge in [-0.15, -0.1) is 0 Å². The van der Waals surface area contributed by atoms with Gasteiger partial charge < -0.3 is 4.90 Å². The number of hydrogen-bond donors (Lipinski definition) is 0. The Morgan fingerprint density at radius 2 is 0.724 bits per heavy atom. The number of fused-ring (bicyclic) bond motifs is 12. The molecule has 11 aromatic carbocycles. The van der Waals surface area contributed by atoms with Gasteiger partial charge in [0.1, 0.15) is 0 Å². The van der Waals surface area contributed by atoms with Gasteiger partial charge in [0.15, 0.2) is 0 Å². The molecular weight excluding hydrogens is 915 g/mol. The van der Waals surface area contributed by atoms with E-state index >= 15 is 0 Å². The molecule has 0 fully saturated rings. The topological polar surface area (TPSA) is 3.24 Å². The molecule has 11 aromatic rings. The molecule has 0 aromatic heterocycles. The van der Waals surface area contributed by atoms with Crippen molar-refractivity contribution in [3.63, 3.8) is 0 Å². The smallest absolute Gasteiger partial charge is 0.0722 e. The number of rotatable bonds is 7. The zero-order valence-corrected chi connectivity index (χ0v) is 42.2. The van der Waals surface area contributed by atoms with E-state index in [0.717, 1.165) is 40.2 Å². The van der Waals surface area contributed by atoms with Crippen LogP contribution in [0.15, 0.2) is 304 Å². The molecule has 76 heavy (non-hydrogen) atoms. The Hall–Kier alpha value is -9.56. The molecule has 1 spiro atoms. The minimum Gasteiger partial charge on any atom is -0.310 e. The maximum absolute atomic E-state index is 4.67. The summed E-state index contributed by atoms with van der Waals surface area (Å²) >= 11 is 0. The van der Waals surface area contributed by atoms with Gasteiger partial charge in [0.05, 0.1) is 10.8 Å². The van der Waals surface area contributed by atoms with Crippen molar-refractivity contribution in [2.24, 2.45) is 0 Å². The van der Waals surface area contributed by atoms with E-state index in [1.54, 1.807) is 0 Å². The minimum atomic E-state index is -0.602. The van der Waals surface area contributed by atoms with Crippen molar-refractivity contribution in [2.75, 3.05) is 4.90 Å². The van der Waals surface area contributed by atoms with Gasteiger partial charge in [-0.25, -0.2) is 0 Å². The van der Waals surface area contributed by atoms with Crippen molar-refractivity contribution in [3.05, 3.63) is 360 Å². The van der Waals surface area contributed by atoms with Gasteiger partial charge in [0.2, 0.25) is 0 Å². The lowest BCUT2D eigenvalue weighted by Gasteiger charge is -2.37. The van der Waals surface area contributed by atoms with Crippen molar-refractivity contribution in [1.29, 1.82) is 0 Å². The molecule has 0 heterocycles. The highest BCUT2D eigenvalue weighted by Crippen LogP contribution is 2.60. The summed E-state index contributed by atoms with van der Waals surface area (Å²) in [5, 5.41) is 0. The first-order valence-corrected chi connectivity index (χ1v) is 26.5. The number of allylic oxidation sites excluding steroid dienone is 5. The summed E-state index contributed by atoms with van der Waals surface area (Å²) in [4.78, 5) is 2.43. The first-order valence-electron chi connectivity index (χ1n) is 26.5. The normalized spacial score (nSPS) is 16.2. The molecule has 0 radical (unpaired) electrons. The van der Waals surface area contributed by atoms with Gasteiger partial charge in [0, 0.05) is 17.1 Å². The Morgan fingerprint density at radius 1 is 0.303 bits per heavy atom. The van der Waals surface area contributed by atoms with E-state index in [0.29, 0.717) is 0 Å². The Bertz CT molecular complexity index is 4030. The van der Waals surface area contributed by atoms with Gasteiger partial charge in [-0.3, -0.25) is 0 Å². The lowest BCUT2D eigenvalue weighted by Crippen LogP contribution is -2.31. The second-order valence-corrected chi connectivity index (χ2v) is 20.3. The summed E-state index contributed by atoms with van der Waals surface area (Å²) < 4.78 is 0. The molecule has 1 unspecified atom stereocenters. The maximum atomic E-state index is 4.67. The average molecular weight is 968 g/mol. The standard InChI is InChI=1S/C75H53N/c1-52-22-6-2-9-25-56-26-14-18-34-68(56)75(69-35-19-15-31-63(52)69)71-37-21-17-33-65(71)66-48-42-57(50-72(66)75)55-40-45-61(46-41-55)76(60-43-38-54(39-44-60)53-23-7-3-8-24-53)62-47-49-67-64-32-16-20-36-70(64)74(73(67)51-62,58-27-10-4-11-28-58)59-29-12-5-13-30-59/h2-24,26-51H,1,25H2/b9-2-,22-6-. The molecule has 3 aliphatic carbocycles. The fourth-order valence-corrected chi connectivity index (χ4v) is 13.1. The van der Waals surface area contributed by atoms with Crippen LogP contribution < -0.4 is 4.90 Å². The van der Waals surface area contributed by atoms with Crippen molar-refractivity contribution in [2.45, 2.75) is 17.3 Å². The van der Waals surface area contributed by atoms with E-state index in [-0.39, 0.29) is 0 Å². The summed E-state index contributed by atoms with van der Waals surface area (Å²) in [6.45, 7) is 4.67. The Balaban J connectivity index is 0.944. The predicted molar refractivity (Wildman–Crippen MR) is 318 cm³/mol. The van der Waals surface area contributed by atoms with E-state index < -0.39 is 10.8 Å². The summed E-state index contributed by atoms with van der Waals surface area (Å²) in [6.07, 6.45) is 9.54. The van der Waals surface area contributed by atoms with E-state index in [1.807, 2.05) is 0 Å². The monoisotopic (exact) mass is 967 g/mol. The highest BCUT2D eigenvalue weighted by atomic mass is 15.1. The molecule has 0 aliphatic heterocycles. The second-order valence-electron chi connectivity index (χ2n) is 20.3. The Kier molecular flexibility index (Phi) is 10.9.